The van der Waals surface area contributed by atoms with Gasteiger partial charge in [-0.3, -0.25) is 0 Å². The fourth-order valence-corrected chi connectivity index (χ4v) is 7.12. The van der Waals surface area contributed by atoms with Gasteiger partial charge in [-0.15, -0.1) is 11.3 Å². The molecular weight excluding hydrogens is 352 g/mol. The molecule has 0 radical (unpaired) electrons. The second kappa shape index (κ2) is 6.22. The zero-order valence-electron chi connectivity index (χ0n) is 15.9. The van der Waals surface area contributed by atoms with Crippen LogP contribution in [-0.2, 0) is 6.42 Å². The topological polar surface area (TPSA) is 40.5 Å². The van der Waals surface area contributed by atoms with Gasteiger partial charge in [0.1, 0.15) is 5.75 Å². The van der Waals surface area contributed by atoms with Crippen LogP contribution in [0.15, 0.2) is 41.8 Å². The molecule has 0 bridgehead atoms. The van der Waals surface area contributed by atoms with Gasteiger partial charge >= 0.3 is 0 Å². The SMILES string of the molecule is C[C@]12CCC3c4ccc(O)cc4CCC3C1CC[C@@]2(O)/C=C/c1cccs1. The molecule has 0 amide bonds. The van der Waals surface area contributed by atoms with Gasteiger partial charge < -0.3 is 10.2 Å². The number of aromatic hydroxyl groups is 1. The molecule has 3 unspecified atom stereocenters. The summed E-state index contributed by atoms with van der Waals surface area (Å²) < 4.78 is 0. The van der Waals surface area contributed by atoms with Crippen LogP contribution in [0.2, 0.25) is 0 Å². The molecule has 3 aliphatic rings. The number of rotatable bonds is 2. The smallest absolute Gasteiger partial charge is 0.115 e. The number of aryl methyl sites for hydroxylation is 1. The fourth-order valence-electron chi connectivity index (χ4n) is 6.50. The van der Waals surface area contributed by atoms with Crippen LogP contribution in [0.25, 0.3) is 6.08 Å². The maximum atomic E-state index is 11.7. The molecule has 2 saturated carbocycles. The second-order valence-corrected chi connectivity index (χ2v) is 10.0. The van der Waals surface area contributed by atoms with E-state index >= 15 is 0 Å². The van der Waals surface area contributed by atoms with E-state index in [0.717, 1.165) is 32.1 Å². The third kappa shape index (κ3) is 2.62. The Kier molecular flexibility index (Phi) is 4.03. The van der Waals surface area contributed by atoms with E-state index in [2.05, 4.69) is 42.7 Å². The first-order valence-corrected chi connectivity index (χ1v) is 11.2. The van der Waals surface area contributed by atoms with E-state index < -0.39 is 5.60 Å². The van der Waals surface area contributed by atoms with Gasteiger partial charge in [-0.2, -0.15) is 0 Å². The fraction of sp³-hybridized carbons (Fsp3) is 0.500. The summed E-state index contributed by atoms with van der Waals surface area (Å²) in [6.07, 6.45) is 10.7. The van der Waals surface area contributed by atoms with Crippen molar-refractivity contribution in [3.8, 4) is 5.75 Å². The monoisotopic (exact) mass is 380 g/mol. The summed E-state index contributed by atoms with van der Waals surface area (Å²) in [5.74, 6) is 2.22. The Balaban J connectivity index is 1.45. The first kappa shape index (κ1) is 17.5. The van der Waals surface area contributed by atoms with Crippen molar-refractivity contribution < 1.29 is 10.2 Å². The van der Waals surface area contributed by atoms with Gasteiger partial charge in [0.15, 0.2) is 0 Å². The van der Waals surface area contributed by atoms with Gasteiger partial charge in [0.2, 0.25) is 0 Å². The lowest BCUT2D eigenvalue weighted by Gasteiger charge is -2.52. The Morgan fingerprint density at radius 3 is 2.85 bits per heavy atom. The van der Waals surface area contributed by atoms with Crippen molar-refractivity contribution in [1.29, 1.82) is 0 Å². The largest absolute Gasteiger partial charge is 0.508 e. The van der Waals surface area contributed by atoms with Crippen molar-refractivity contribution in [3.63, 3.8) is 0 Å². The minimum atomic E-state index is -0.693. The number of phenols is 1. The van der Waals surface area contributed by atoms with Crippen LogP contribution < -0.4 is 0 Å². The van der Waals surface area contributed by atoms with Crippen LogP contribution >= 0.6 is 11.3 Å². The third-order valence-corrected chi connectivity index (χ3v) is 8.83. The van der Waals surface area contributed by atoms with Gasteiger partial charge in [-0.05, 0) is 97.1 Å². The van der Waals surface area contributed by atoms with Crippen LogP contribution in [0, 0.1) is 17.3 Å². The average molecular weight is 381 g/mol. The molecule has 2 nitrogen and oxygen atoms in total. The van der Waals surface area contributed by atoms with E-state index in [0.29, 0.717) is 23.5 Å². The number of thiophene rings is 1. The first-order chi connectivity index (χ1) is 13.0. The highest BCUT2D eigenvalue weighted by molar-refractivity contribution is 7.10. The van der Waals surface area contributed by atoms with E-state index in [9.17, 15) is 10.2 Å². The highest BCUT2D eigenvalue weighted by Gasteiger charge is 2.60. The van der Waals surface area contributed by atoms with E-state index in [1.165, 1.54) is 22.4 Å². The van der Waals surface area contributed by atoms with Crippen molar-refractivity contribution in [3.05, 3.63) is 57.8 Å². The zero-order chi connectivity index (χ0) is 18.6. The lowest BCUT2D eigenvalue weighted by Crippen LogP contribution is -2.49. The molecule has 2 aromatic rings. The molecule has 3 heteroatoms. The summed E-state index contributed by atoms with van der Waals surface area (Å²) >= 11 is 1.73. The normalized spacial score (nSPS) is 37.8. The number of phenolic OH excluding ortho intramolecular Hbond substituents is 1. The molecule has 1 aromatic heterocycles. The molecular formula is C24H28O2S. The minimum Gasteiger partial charge on any atom is -0.508 e. The highest BCUT2D eigenvalue weighted by Crippen LogP contribution is 2.64. The van der Waals surface area contributed by atoms with Crippen LogP contribution in [-0.4, -0.2) is 15.8 Å². The quantitative estimate of drug-likeness (QED) is 0.696. The molecule has 5 rings (SSSR count). The third-order valence-electron chi connectivity index (χ3n) is 7.99. The molecule has 1 aromatic carbocycles. The lowest BCUT2D eigenvalue weighted by molar-refractivity contribution is -0.0704. The standard InChI is InChI=1S/C24H28O2S/c1-23-11-9-20-19-7-5-17(25)15-16(19)4-6-21(20)22(23)10-13-24(23,26)12-8-18-3-2-14-27-18/h2-3,5,7-8,12,14-15,20-22,25-26H,4,6,9-11,13H2,1H3/b12-8+/t20?,21?,22?,23-,24-/m0/s1. The van der Waals surface area contributed by atoms with Crippen LogP contribution in [0.5, 0.6) is 5.75 Å². The molecule has 3 aliphatic carbocycles. The Labute approximate surface area is 165 Å². The van der Waals surface area contributed by atoms with Crippen LogP contribution in [0.3, 0.4) is 0 Å². The maximum absolute atomic E-state index is 11.7. The Morgan fingerprint density at radius 2 is 2.04 bits per heavy atom. The van der Waals surface area contributed by atoms with E-state index in [-0.39, 0.29) is 5.41 Å². The number of aliphatic hydroxyl groups is 1. The zero-order valence-corrected chi connectivity index (χ0v) is 16.7. The number of hydrogen-bond donors (Lipinski definition) is 2. The molecule has 142 valence electrons. The van der Waals surface area contributed by atoms with Crippen LogP contribution in [0.1, 0.15) is 60.9 Å². The van der Waals surface area contributed by atoms with Gasteiger partial charge in [-0.25, -0.2) is 0 Å². The molecule has 2 N–H and O–H groups in total. The minimum absolute atomic E-state index is 0.0314. The summed E-state index contributed by atoms with van der Waals surface area (Å²) in [6, 6.07) is 10.2. The number of fused-ring (bicyclic) bond motifs is 5. The molecule has 1 heterocycles. The van der Waals surface area contributed by atoms with Crippen molar-refractivity contribution in [1.82, 2.24) is 0 Å². The predicted octanol–water partition coefficient (Wildman–Crippen LogP) is 5.75. The molecule has 0 spiro atoms. The second-order valence-electron chi connectivity index (χ2n) is 9.07. The molecule has 2 fully saturated rings. The summed E-state index contributed by atoms with van der Waals surface area (Å²) in [5.41, 5.74) is 2.07. The van der Waals surface area contributed by atoms with Gasteiger partial charge in [0.25, 0.3) is 0 Å². The average Bonchev–Trinajstić information content (AvgIpc) is 3.26. The van der Waals surface area contributed by atoms with Crippen molar-refractivity contribution in [2.45, 2.75) is 57.0 Å². The summed E-state index contributed by atoms with van der Waals surface area (Å²) in [4.78, 5) is 1.22. The predicted molar refractivity (Wildman–Crippen MR) is 111 cm³/mol. The van der Waals surface area contributed by atoms with Gasteiger partial charge in [0.05, 0.1) is 5.60 Å². The van der Waals surface area contributed by atoms with E-state index in [4.69, 9.17) is 0 Å². The molecule has 27 heavy (non-hydrogen) atoms. The van der Waals surface area contributed by atoms with Gasteiger partial charge in [0, 0.05) is 10.3 Å². The van der Waals surface area contributed by atoms with Crippen molar-refractivity contribution >= 4 is 17.4 Å². The molecule has 0 aliphatic heterocycles. The van der Waals surface area contributed by atoms with E-state index in [1.807, 2.05) is 12.1 Å². The molecule has 0 saturated heterocycles. The Morgan fingerprint density at radius 1 is 1.15 bits per heavy atom. The van der Waals surface area contributed by atoms with Gasteiger partial charge in [-0.1, -0.05) is 25.1 Å². The summed E-state index contributed by atoms with van der Waals surface area (Å²) in [7, 11) is 0. The van der Waals surface area contributed by atoms with Crippen LogP contribution in [0.4, 0.5) is 0 Å². The first-order valence-electron chi connectivity index (χ1n) is 10.3. The highest BCUT2D eigenvalue weighted by atomic mass is 32.1. The molecule has 5 atom stereocenters. The lowest BCUT2D eigenvalue weighted by atomic mass is 9.53. The maximum Gasteiger partial charge on any atom is 0.115 e. The number of benzene rings is 1. The van der Waals surface area contributed by atoms with E-state index in [1.54, 1.807) is 11.3 Å². The van der Waals surface area contributed by atoms with Crippen molar-refractivity contribution in [2.75, 3.05) is 0 Å². The number of hydrogen-bond acceptors (Lipinski definition) is 3. The summed E-state index contributed by atoms with van der Waals surface area (Å²) in [6.45, 7) is 2.34. The van der Waals surface area contributed by atoms with Crippen molar-refractivity contribution in [2.24, 2.45) is 17.3 Å². The Hall–Kier alpha value is -1.58. The summed E-state index contributed by atoms with van der Waals surface area (Å²) in [5, 5.41) is 23.6. The Bertz CT molecular complexity index is 871.